The standard InChI is InChI=1S/C5H12O8S2.2Na/c6-4(14(8,9)10)2-1-3-5(7)15(11,12)13;;/h4-7H,1-3H2,(H,8,9,10)(H,11,12,13);;/q;2*+1/p-2. The van der Waals surface area contributed by atoms with Crippen molar-refractivity contribution in [2.24, 2.45) is 0 Å². The van der Waals surface area contributed by atoms with E-state index < -0.39 is 43.9 Å². The first-order chi connectivity index (χ1) is 6.55. The Balaban J connectivity index is -0.000000980. The van der Waals surface area contributed by atoms with Crippen LogP contribution in [0.5, 0.6) is 0 Å². The fourth-order valence-corrected chi connectivity index (χ4v) is 1.67. The van der Waals surface area contributed by atoms with Crippen molar-refractivity contribution in [3.63, 3.8) is 0 Å². The van der Waals surface area contributed by atoms with Gasteiger partial charge < -0.3 is 19.3 Å². The van der Waals surface area contributed by atoms with Crippen molar-refractivity contribution in [2.75, 3.05) is 0 Å². The van der Waals surface area contributed by atoms with Crippen LogP contribution in [0.4, 0.5) is 0 Å². The maximum absolute atomic E-state index is 10.2. The van der Waals surface area contributed by atoms with Crippen LogP contribution in [-0.2, 0) is 20.2 Å². The SMILES string of the molecule is O=S(=O)([O-])C(O)CCCC(O)S(=O)(=O)[O-].[Na+].[Na+]. The number of hydrogen-bond donors (Lipinski definition) is 2. The van der Waals surface area contributed by atoms with E-state index in [9.17, 15) is 25.9 Å². The van der Waals surface area contributed by atoms with Gasteiger partial charge in [-0.25, -0.2) is 16.8 Å². The molecule has 0 heterocycles. The van der Waals surface area contributed by atoms with E-state index in [4.69, 9.17) is 10.2 Å². The largest absolute Gasteiger partial charge is 1.00 e. The number of rotatable bonds is 6. The van der Waals surface area contributed by atoms with Gasteiger partial charge in [-0.3, -0.25) is 0 Å². The van der Waals surface area contributed by atoms with Gasteiger partial charge in [0, 0.05) is 0 Å². The Morgan fingerprint density at radius 3 is 1.24 bits per heavy atom. The van der Waals surface area contributed by atoms with Gasteiger partial charge in [0.25, 0.3) is 0 Å². The average molecular weight is 308 g/mol. The van der Waals surface area contributed by atoms with E-state index in [1.807, 2.05) is 0 Å². The van der Waals surface area contributed by atoms with Crippen LogP contribution in [0.1, 0.15) is 19.3 Å². The summed E-state index contributed by atoms with van der Waals surface area (Å²) in [5.41, 5.74) is -4.31. The molecule has 0 saturated carbocycles. The molecule has 0 aromatic carbocycles. The minimum Gasteiger partial charge on any atom is -0.746 e. The maximum Gasteiger partial charge on any atom is 1.00 e. The van der Waals surface area contributed by atoms with E-state index in [2.05, 4.69) is 0 Å². The van der Waals surface area contributed by atoms with Crippen molar-refractivity contribution in [3.05, 3.63) is 0 Å². The molecule has 0 bridgehead atoms. The van der Waals surface area contributed by atoms with Crippen LogP contribution in [0.3, 0.4) is 0 Å². The first-order valence-electron chi connectivity index (χ1n) is 3.80. The van der Waals surface area contributed by atoms with Crippen molar-refractivity contribution in [1.29, 1.82) is 0 Å². The molecule has 0 aliphatic heterocycles. The molecule has 0 aromatic rings. The molecule has 0 saturated heterocycles. The Morgan fingerprint density at radius 2 is 1.06 bits per heavy atom. The molecule has 0 spiro atoms. The van der Waals surface area contributed by atoms with Crippen LogP contribution in [0.2, 0.25) is 0 Å². The molecule has 0 aliphatic carbocycles. The van der Waals surface area contributed by atoms with Crippen LogP contribution in [-0.4, -0.2) is 47.0 Å². The molecule has 2 unspecified atom stereocenters. The molecule has 0 aromatic heterocycles. The van der Waals surface area contributed by atoms with Gasteiger partial charge in [-0.1, -0.05) is 0 Å². The molecule has 0 radical (unpaired) electrons. The zero-order valence-electron chi connectivity index (χ0n) is 9.44. The molecule has 0 rings (SSSR count). The Bertz CT molecular complexity index is 352. The van der Waals surface area contributed by atoms with Crippen LogP contribution < -0.4 is 59.1 Å². The van der Waals surface area contributed by atoms with Gasteiger partial charge >= 0.3 is 59.1 Å². The monoisotopic (exact) mass is 308 g/mol. The molecule has 92 valence electrons. The second-order valence-electron chi connectivity index (χ2n) is 2.83. The molecule has 0 fully saturated rings. The summed E-state index contributed by atoms with van der Waals surface area (Å²) in [6, 6.07) is 0. The van der Waals surface area contributed by atoms with Crippen LogP contribution >= 0.6 is 0 Å². The molecule has 2 N–H and O–H groups in total. The zero-order valence-corrected chi connectivity index (χ0v) is 15.1. The topological polar surface area (TPSA) is 155 Å². The average Bonchev–Trinajstić information content (AvgIpc) is 2.00. The van der Waals surface area contributed by atoms with Crippen LogP contribution in [0.15, 0.2) is 0 Å². The zero-order chi connectivity index (χ0) is 12.3. The quantitative estimate of drug-likeness (QED) is 0.362. The summed E-state index contributed by atoms with van der Waals surface area (Å²) in [6.45, 7) is 0. The van der Waals surface area contributed by atoms with E-state index in [1.54, 1.807) is 0 Å². The van der Waals surface area contributed by atoms with Crippen molar-refractivity contribution in [3.8, 4) is 0 Å². The summed E-state index contributed by atoms with van der Waals surface area (Å²) in [5.74, 6) is 0. The molecular formula is C5H10Na2O8S2. The predicted molar refractivity (Wildman–Crippen MR) is 45.3 cm³/mol. The van der Waals surface area contributed by atoms with Gasteiger partial charge in [-0.05, 0) is 19.3 Å². The fraction of sp³-hybridized carbons (Fsp3) is 1.00. The molecule has 2 atom stereocenters. The Hall–Kier alpha value is 1.74. The third-order valence-electron chi connectivity index (χ3n) is 1.57. The Kier molecular flexibility index (Phi) is 13.5. The van der Waals surface area contributed by atoms with E-state index in [0.29, 0.717) is 0 Å². The van der Waals surface area contributed by atoms with E-state index in [1.165, 1.54) is 0 Å². The van der Waals surface area contributed by atoms with Crippen LogP contribution in [0.25, 0.3) is 0 Å². The summed E-state index contributed by atoms with van der Waals surface area (Å²) < 4.78 is 60.9. The van der Waals surface area contributed by atoms with Gasteiger partial charge in [-0.2, -0.15) is 0 Å². The molecule has 0 aliphatic rings. The smallest absolute Gasteiger partial charge is 0.746 e. The third kappa shape index (κ3) is 11.3. The summed E-state index contributed by atoms with van der Waals surface area (Å²) in [7, 11) is -9.68. The summed E-state index contributed by atoms with van der Waals surface area (Å²) in [4.78, 5) is 0. The van der Waals surface area contributed by atoms with Gasteiger partial charge in [-0.15, -0.1) is 0 Å². The van der Waals surface area contributed by atoms with Gasteiger partial charge in [0.1, 0.15) is 31.1 Å². The first-order valence-corrected chi connectivity index (χ1v) is 6.75. The minimum absolute atomic E-state index is 0. The molecule has 8 nitrogen and oxygen atoms in total. The van der Waals surface area contributed by atoms with Gasteiger partial charge in [0.05, 0.1) is 0 Å². The molecule has 12 heteroatoms. The fourth-order valence-electron chi connectivity index (χ4n) is 0.756. The van der Waals surface area contributed by atoms with E-state index >= 15 is 0 Å². The Labute approximate surface area is 144 Å². The number of hydrogen-bond acceptors (Lipinski definition) is 8. The second-order valence-corrected chi connectivity index (χ2v) is 5.89. The first kappa shape index (κ1) is 23.8. The van der Waals surface area contributed by atoms with Crippen LogP contribution in [0, 0.1) is 0 Å². The maximum atomic E-state index is 10.2. The van der Waals surface area contributed by atoms with Crippen molar-refractivity contribution in [2.45, 2.75) is 30.1 Å². The summed E-state index contributed by atoms with van der Waals surface area (Å²) in [5, 5.41) is 17.4. The molecular weight excluding hydrogens is 298 g/mol. The van der Waals surface area contributed by atoms with Crippen molar-refractivity contribution >= 4 is 20.2 Å². The second kappa shape index (κ2) is 9.61. The number of aliphatic hydroxyl groups excluding tert-OH is 2. The molecule has 17 heavy (non-hydrogen) atoms. The van der Waals surface area contributed by atoms with Crippen molar-refractivity contribution in [1.82, 2.24) is 0 Å². The molecule has 0 amide bonds. The third-order valence-corrected chi connectivity index (χ3v) is 3.37. The number of aliphatic hydroxyl groups is 2. The van der Waals surface area contributed by atoms with Crippen molar-refractivity contribution < 1.29 is 95.3 Å². The minimum atomic E-state index is -4.84. The summed E-state index contributed by atoms with van der Waals surface area (Å²) >= 11 is 0. The summed E-state index contributed by atoms with van der Waals surface area (Å²) in [6.07, 6.45) is -1.33. The van der Waals surface area contributed by atoms with E-state index in [-0.39, 0.29) is 65.5 Å². The Morgan fingerprint density at radius 1 is 0.824 bits per heavy atom. The van der Waals surface area contributed by atoms with E-state index in [0.717, 1.165) is 0 Å². The normalized spacial score (nSPS) is 15.3. The van der Waals surface area contributed by atoms with Gasteiger partial charge in [0.2, 0.25) is 0 Å². The predicted octanol–water partition coefficient (Wildman–Crippen LogP) is -8.11. The van der Waals surface area contributed by atoms with Gasteiger partial charge in [0.15, 0.2) is 0 Å².